The summed E-state index contributed by atoms with van der Waals surface area (Å²) in [5.74, 6) is 1.08. The van der Waals surface area contributed by atoms with Gasteiger partial charge < -0.3 is 9.88 Å². The molecular formula is C23H25FN4O. The zero-order valence-corrected chi connectivity index (χ0v) is 16.6. The van der Waals surface area contributed by atoms with Gasteiger partial charge in [-0.05, 0) is 42.5 Å². The molecule has 0 aliphatic carbocycles. The molecule has 1 amide bonds. The Morgan fingerprint density at radius 1 is 1.14 bits per heavy atom. The molecule has 3 aromatic rings. The third-order valence-corrected chi connectivity index (χ3v) is 5.46. The Bertz CT molecular complexity index is 999. The number of carbonyl (C=O) groups excluding carboxylic acids is 1. The lowest BCUT2D eigenvalue weighted by Gasteiger charge is -2.13. The number of nitrogens with one attached hydrogen (secondary N) is 1. The van der Waals surface area contributed by atoms with Crippen LogP contribution in [0.4, 0.5) is 10.1 Å². The molecule has 0 bridgehead atoms. The summed E-state index contributed by atoms with van der Waals surface area (Å²) in [6.45, 7) is 2.82. The van der Waals surface area contributed by atoms with Crippen LogP contribution in [-0.2, 0) is 17.8 Å². The minimum atomic E-state index is -0.361. The normalized spacial score (nSPS) is 14.7. The highest BCUT2D eigenvalue weighted by Crippen LogP contribution is 2.28. The van der Waals surface area contributed by atoms with Gasteiger partial charge in [0.25, 0.3) is 0 Å². The molecule has 1 aliphatic rings. The van der Waals surface area contributed by atoms with Crippen molar-refractivity contribution >= 4 is 11.6 Å². The fourth-order valence-corrected chi connectivity index (χ4v) is 3.85. The van der Waals surface area contributed by atoms with Crippen molar-refractivity contribution in [2.75, 3.05) is 5.32 Å². The van der Waals surface area contributed by atoms with Crippen molar-refractivity contribution in [1.29, 1.82) is 0 Å². The van der Waals surface area contributed by atoms with Gasteiger partial charge in [0.05, 0.1) is 5.56 Å². The van der Waals surface area contributed by atoms with Crippen LogP contribution in [0.5, 0.6) is 0 Å². The smallest absolute Gasteiger partial charge is 0.224 e. The summed E-state index contributed by atoms with van der Waals surface area (Å²) in [6.07, 6.45) is 4.48. The molecule has 5 nitrogen and oxygen atoms in total. The van der Waals surface area contributed by atoms with E-state index in [-0.39, 0.29) is 17.6 Å². The Balaban J connectivity index is 1.52. The number of hydrogen-bond acceptors (Lipinski definition) is 3. The predicted molar refractivity (Wildman–Crippen MR) is 111 cm³/mol. The van der Waals surface area contributed by atoms with Gasteiger partial charge in [-0.25, -0.2) is 4.39 Å². The first-order chi connectivity index (χ1) is 14.1. The molecule has 0 spiro atoms. The number of aryl methyl sites for hydroxylation is 1. The van der Waals surface area contributed by atoms with Gasteiger partial charge in [-0.15, -0.1) is 10.2 Å². The number of aromatic nitrogens is 3. The summed E-state index contributed by atoms with van der Waals surface area (Å²) in [5, 5.41) is 11.4. The molecule has 4 rings (SSSR count). The van der Waals surface area contributed by atoms with Crippen LogP contribution in [-0.4, -0.2) is 20.7 Å². The summed E-state index contributed by atoms with van der Waals surface area (Å²) < 4.78 is 16.6. The summed E-state index contributed by atoms with van der Waals surface area (Å²) in [7, 11) is 0. The molecule has 0 radical (unpaired) electrons. The summed E-state index contributed by atoms with van der Waals surface area (Å²) in [5.41, 5.74) is 2.06. The predicted octanol–water partition coefficient (Wildman–Crippen LogP) is 4.94. The Hall–Kier alpha value is -3.02. The molecule has 150 valence electrons. The maximum Gasteiger partial charge on any atom is 0.224 e. The van der Waals surface area contributed by atoms with Gasteiger partial charge in [-0.3, -0.25) is 4.79 Å². The fourth-order valence-electron chi connectivity index (χ4n) is 3.85. The van der Waals surface area contributed by atoms with Crippen LogP contribution in [0.25, 0.3) is 11.4 Å². The van der Waals surface area contributed by atoms with Crippen molar-refractivity contribution in [2.45, 2.75) is 51.5 Å². The molecule has 0 saturated heterocycles. The van der Waals surface area contributed by atoms with Crippen molar-refractivity contribution in [3.05, 3.63) is 65.7 Å². The van der Waals surface area contributed by atoms with E-state index in [1.807, 2.05) is 41.8 Å². The highest BCUT2D eigenvalue weighted by molar-refractivity contribution is 5.91. The average Bonchev–Trinajstić information content (AvgIpc) is 2.97. The van der Waals surface area contributed by atoms with E-state index in [0.717, 1.165) is 43.6 Å². The number of fused-ring (bicyclic) bond motifs is 1. The molecule has 2 aromatic carbocycles. The quantitative estimate of drug-likeness (QED) is 0.669. The fraction of sp³-hybridized carbons (Fsp3) is 0.348. The highest BCUT2D eigenvalue weighted by atomic mass is 19.1. The Morgan fingerprint density at radius 2 is 1.97 bits per heavy atom. The Kier molecular flexibility index (Phi) is 5.69. The van der Waals surface area contributed by atoms with Crippen molar-refractivity contribution in [1.82, 2.24) is 14.8 Å². The number of carbonyl (C=O) groups is 1. The van der Waals surface area contributed by atoms with Crippen LogP contribution in [0.2, 0.25) is 0 Å². The number of halogens is 1. The second-order valence-electron chi connectivity index (χ2n) is 7.66. The minimum absolute atomic E-state index is 0.0982. The van der Waals surface area contributed by atoms with E-state index >= 15 is 0 Å². The number of benzene rings is 2. The number of nitrogens with zero attached hydrogens (tertiary/aromatic N) is 3. The lowest BCUT2D eigenvalue weighted by Crippen LogP contribution is -2.14. The molecule has 0 fully saturated rings. The van der Waals surface area contributed by atoms with Crippen LogP contribution < -0.4 is 5.32 Å². The molecule has 29 heavy (non-hydrogen) atoms. The molecule has 1 aromatic heterocycles. The van der Waals surface area contributed by atoms with Gasteiger partial charge >= 0.3 is 0 Å². The zero-order chi connectivity index (χ0) is 20.2. The second-order valence-corrected chi connectivity index (χ2v) is 7.66. The van der Waals surface area contributed by atoms with Crippen LogP contribution in [0, 0.1) is 5.82 Å². The van der Waals surface area contributed by atoms with E-state index in [1.165, 1.54) is 6.07 Å². The average molecular weight is 392 g/mol. The summed E-state index contributed by atoms with van der Waals surface area (Å²) in [6, 6.07) is 14.6. The van der Waals surface area contributed by atoms with E-state index in [9.17, 15) is 9.18 Å². The first kappa shape index (κ1) is 19.3. The van der Waals surface area contributed by atoms with Crippen LogP contribution in [0.15, 0.2) is 48.5 Å². The summed E-state index contributed by atoms with van der Waals surface area (Å²) >= 11 is 0. The number of anilines is 1. The topological polar surface area (TPSA) is 59.8 Å². The van der Waals surface area contributed by atoms with Crippen molar-refractivity contribution in [2.24, 2.45) is 0 Å². The van der Waals surface area contributed by atoms with Crippen LogP contribution >= 0.6 is 0 Å². The molecule has 2 heterocycles. The SMILES string of the molecule is CC(CC(=O)Nc1ccc(F)c(-c2nnc3n2CCCCC3)c1)c1ccccc1. The van der Waals surface area contributed by atoms with Gasteiger partial charge in [-0.1, -0.05) is 43.7 Å². The molecule has 6 heteroatoms. The number of rotatable bonds is 5. The maximum atomic E-state index is 14.6. The molecular weight excluding hydrogens is 367 g/mol. The molecule has 1 N–H and O–H groups in total. The van der Waals surface area contributed by atoms with E-state index in [4.69, 9.17) is 0 Å². The monoisotopic (exact) mass is 392 g/mol. The van der Waals surface area contributed by atoms with Crippen LogP contribution in [0.3, 0.4) is 0 Å². The maximum absolute atomic E-state index is 14.6. The Morgan fingerprint density at radius 3 is 2.79 bits per heavy atom. The van der Waals surface area contributed by atoms with E-state index < -0.39 is 0 Å². The lowest BCUT2D eigenvalue weighted by molar-refractivity contribution is -0.116. The number of hydrogen-bond donors (Lipinski definition) is 1. The van der Waals surface area contributed by atoms with Gasteiger partial charge in [0, 0.05) is 25.1 Å². The third kappa shape index (κ3) is 4.36. The molecule has 1 unspecified atom stereocenters. The molecule has 1 aliphatic heterocycles. The number of amides is 1. The molecule has 0 saturated carbocycles. The third-order valence-electron chi connectivity index (χ3n) is 5.46. The van der Waals surface area contributed by atoms with E-state index in [2.05, 4.69) is 15.5 Å². The largest absolute Gasteiger partial charge is 0.326 e. The first-order valence-corrected chi connectivity index (χ1v) is 10.2. The van der Waals surface area contributed by atoms with Gasteiger partial charge in [0.2, 0.25) is 5.91 Å². The zero-order valence-electron chi connectivity index (χ0n) is 16.6. The van der Waals surface area contributed by atoms with Crippen LogP contribution in [0.1, 0.15) is 49.9 Å². The summed E-state index contributed by atoms with van der Waals surface area (Å²) in [4.78, 5) is 12.5. The standard InChI is InChI=1S/C23H25FN4O/c1-16(17-8-4-2-5-9-17)14-22(29)25-18-11-12-20(24)19(15-18)23-27-26-21-10-6-3-7-13-28(21)23/h2,4-5,8-9,11-12,15-16H,3,6-7,10,13-14H2,1H3,(H,25,29). The first-order valence-electron chi connectivity index (χ1n) is 10.2. The molecule has 1 atom stereocenters. The van der Waals surface area contributed by atoms with E-state index in [0.29, 0.717) is 23.5 Å². The Labute approximate surface area is 170 Å². The van der Waals surface area contributed by atoms with Gasteiger partial charge in [0.15, 0.2) is 5.82 Å². The highest BCUT2D eigenvalue weighted by Gasteiger charge is 2.19. The lowest BCUT2D eigenvalue weighted by atomic mass is 9.97. The van der Waals surface area contributed by atoms with E-state index in [1.54, 1.807) is 12.1 Å². The van der Waals surface area contributed by atoms with Gasteiger partial charge in [-0.2, -0.15) is 0 Å². The van der Waals surface area contributed by atoms with Crippen molar-refractivity contribution in [3.63, 3.8) is 0 Å². The van der Waals surface area contributed by atoms with Crippen molar-refractivity contribution in [3.8, 4) is 11.4 Å². The minimum Gasteiger partial charge on any atom is -0.326 e. The van der Waals surface area contributed by atoms with Crippen molar-refractivity contribution < 1.29 is 9.18 Å². The van der Waals surface area contributed by atoms with Gasteiger partial charge in [0.1, 0.15) is 11.6 Å². The second kappa shape index (κ2) is 8.55.